The molecule has 4 N–H and O–H groups in total. The van der Waals surface area contributed by atoms with E-state index in [1.807, 2.05) is 0 Å². The first kappa shape index (κ1) is 11.3. The zero-order chi connectivity index (χ0) is 10.6. The molecule has 0 saturated carbocycles. The van der Waals surface area contributed by atoms with Crippen LogP contribution in [0.2, 0.25) is 0 Å². The fraction of sp³-hybridized carbons (Fsp3) is 0.250. The SMILES string of the molecule is O=[As](O)(O)c1ccccc1NCCO. The molecular formula is C8H12AsNO4. The van der Waals surface area contributed by atoms with E-state index in [0.29, 0.717) is 5.69 Å². The maximum absolute atomic E-state index is 11.1. The molecule has 0 heterocycles. The van der Waals surface area contributed by atoms with Gasteiger partial charge in [0.05, 0.1) is 0 Å². The Kier molecular flexibility index (Phi) is 3.77. The van der Waals surface area contributed by atoms with Crippen molar-refractivity contribution in [2.75, 3.05) is 18.5 Å². The zero-order valence-corrected chi connectivity index (χ0v) is 9.30. The quantitative estimate of drug-likeness (QED) is 0.503. The first-order chi connectivity index (χ1) is 6.55. The molecule has 1 rings (SSSR count). The summed E-state index contributed by atoms with van der Waals surface area (Å²) in [6.45, 7) is 0.190. The number of nitrogens with one attached hydrogen (secondary N) is 1. The standard InChI is InChI=1S/C8H12AsNO4/c11-6-5-10-8-4-2-1-3-7(8)9(12,13)14/h1-4,10-11H,5-6H2,(H2,12,13,14). The number of aliphatic hydroxyl groups excluding tert-OH is 1. The van der Waals surface area contributed by atoms with Crippen molar-refractivity contribution in [3.8, 4) is 0 Å². The summed E-state index contributed by atoms with van der Waals surface area (Å²) in [5.74, 6) is 0. The van der Waals surface area contributed by atoms with E-state index < -0.39 is 14.2 Å². The molecular weight excluding hydrogens is 249 g/mol. The third kappa shape index (κ3) is 2.89. The molecule has 0 aliphatic carbocycles. The summed E-state index contributed by atoms with van der Waals surface area (Å²) in [6, 6.07) is 6.21. The summed E-state index contributed by atoms with van der Waals surface area (Å²) in [5, 5.41) is 11.3. The Labute approximate surface area is 84.4 Å². The monoisotopic (exact) mass is 261 g/mol. The molecule has 78 valence electrons. The van der Waals surface area contributed by atoms with Crippen molar-refractivity contribution in [1.29, 1.82) is 0 Å². The van der Waals surface area contributed by atoms with Crippen molar-refractivity contribution >= 4 is 24.2 Å². The van der Waals surface area contributed by atoms with Gasteiger partial charge in [-0.1, -0.05) is 0 Å². The normalized spacial score (nSPS) is 11.4. The molecule has 1 aromatic rings. The van der Waals surface area contributed by atoms with Crippen molar-refractivity contribution in [3.05, 3.63) is 24.3 Å². The minimum atomic E-state index is -4.86. The van der Waals surface area contributed by atoms with Gasteiger partial charge in [0.2, 0.25) is 0 Å². The summed E-state index contributed by atoms with van der Waals surface area (Å²) in [7, 11) is 0. The van der Waals surface area contributed by atoms with Crippen molar-refractivity contribution in [1.82, 2.24) is 0 Å². The van der Waals surface area contributed by atoms with Gasteiger partial charge < -0.3 is 0 Å². The molecule has 5 nitrogen and oxygen atoms in total. The number of aliphatic hydroxyl groups is 1. The summed E-state index contributed by atoms with van der Waals surface area (Å²) in [4.78, 5) is 0. The molecule has 0 atom stereocenters. The molecule has 14 heavy (non-hydrogen) atoms. The Morgan fingerprint density at radius 1 is 1.29 bits per heavy atom. The Morgan fingerprint density at radius 3 is 2.50 bits per heavy atom. The predicted octanol–water partition coefficient (Wildman–Crippen LogP) is -1.35. The van der Waals surface area contributed by atoms with Gasteiger partial charge in [-0.2, -0.15) is 0 Å². The minimum absolute atomic E-state index is 0.0130. The van der Waals surface area contributed by atoms with E-state index in [1.165, 1.54) is 6.07 Å². The first-order valence-corrected chi connectivity index (χ1v) is 7.44. The van der Waals surface area contributed by atoms with Crippen LogP contribution in [0.1, 0.15) is 0 Å². The van der Waals surface area contributed by atoms with Gasteiger partial charge in [-0.3, -0.25) is 0 Å². The van der Waals surface area contributed by atoms with E-state index in [1.54, 1.807) is 18.2 Å². The molecule has 0 amide bonds. The van der Waals surface area contributed by atoms with E-state index in [4.69, 9.17) is 13.3 Å². The third-order valence-electron chi connectivity index (χ3n) is 1.65. The number of benzene rings is 1. The molecule has 0 aliphatic rings. The van der Waals surface area contributed by atoms with Crippen molar-refractivity contribution in [2.45, 2.75) is 0 Å². The number of hydrogen-bond donors (Lipinski definition) is 4. The zero-order valence-electron chi connectivity index (χ0n) is 7.42. The number of para-hydroxylation sites is 1. The first-order valence-electron chi connectivity index (χ1n) is 4.05. The van der Waals surface area contributed by atoms with E-state index in [2.05, 4.69) is 5.32 Å². The number of anilines is 1. The van der Waals surface area contributed by atoms with Gasteiger partial charge in [0, 0.05) is 0 Å². The molecule has 6 heteroatoms. The van der Waals surface area contributed by atoms with Crippen LogP contribution in [0.5, 0.6) is 0 Å². The molecule has 0 saturated heterocycles. The number of hydrogen-bond acceptors (Lipinski definition) is 3. The van der Waals surface area contributed by atoms with Crippen molar-refractivity contribution < 1.29 is 17.0 Å². The molecule has 0 bridgehead atoms. The van der Waals surface area contributed by atoms with Crippen LogP contribution in [-0.2, 0) is 3.74 Å². The van der Waals surface area contributed by atoms with Gasteiger partial charge in [0.1, 0.15) is 0 Å². The van der Waals surface area contributed by atoms with E-state index in [0.717, 1.165) is 0 Å². The summed E-state index contributed by atoms with van der Waals surface area (Å²) >= 11 is -4.86. The molecule has 0 unspecified atom stereocenters. The van der Waals surface area contributed by atoms with Crippen LogP contribution in [0.3, 0.4) is 0 Å². The Balaban J connectivity index is 2.98. The van der Waals surface area contributed by atoms with Crippen LogP contribution in [0.4, 0.5) is 5.69 Å². The van der Waals surface area contributed by atoms with Gasteiger partial charge in [-0.05, 0) is 0 Å². The molecule has 0 aromatic heterocycles. The fourth-order valence-corrected chi connectivity index (χ4v) is 2.64. The molecule has 0 aliphatic heterocycles. The van der Waals surface area contributed by atoms with E-state index in [-0.39, 0.29) is 17.5 Å². The number of rotatable bonds is 4. The summed E-state index contributed by atoms with van der Waals surface area (Å²) in [6.07, 6.45) is 0. The maximum atomic E-state index is 11.1. The van der Waals surface area contributed by atoms with Gasteiger partial charge in [0.15, 0.2) is 0 Å². The molecule has 0 spiro atoms. The Hall–Kier alpha value is -0.742. The average molecular weight is 261 g/mol. The Bertz CT molecular complexity index is 349. The van der Waals surface area contributed by atoms with Crippen LogP contribution in [-0.4, -0.2) is 40.6 Å². The van der Waals surface area contributed by atoms with Gasteiger partial charge >= 0.3 is 84.0 Å². The summed E-state index contributed by atoms with van der Waals surface area (Å²) in [5.41, 5.74) is 0.383. The van der Waals surface area contributed by atoms with Crippen LogP contribution < -0.4 is 9.67 Å². The van der Waals surface area contributed by atoms with Crippen molar-refractivity contribution in [3.63, 3.8) is 0 Å². The Morgan fingerprint density at radius 2 is 1.93 bits per heavy atom. The fourth-order valence-electron chi connectivity index (χ4n) is 1.07. The second-order valence-corrected chi connectivity index (χ2v) is 6.01. The van der Waals surface area contributed by atoms with E-state index in [9.17, 15) is 3.74 Å². The van der Waals surface area contributed by atoms with Crippen LogP contribution in [0.25, 0.3) is 0 Å². The topological polar surface area (TPSA) is 89.8 Å². The second-order valence-electron chi connectivity index (χ2n) is 2.71. The molecule has 0 radical (unpaired) electrons. The second kappa shape index (κ2) is 4.66. The molecule has 1 aromatic carbocycles. The van der Waals surface area contributed by atoms with Gasteiger partial charge in [0.25, 0.3) is 0 Å². The van der Waals surface area contributed by atoms with Crippen molar-refractivity contribution in [2.24, 2.45) is 0 Å². The summed E-state index contributed by atoms with van der Waals surface area (Å²) < 4.78 is 29.2. The van der Waals surface area contributed by atoms with Crippen LogP contribution >= 0.6 is 0 Å². The predicted molar refractivity (Wildman–Crippen MR) is 52.5 cm³/mol. The average Bonchev–Trinajstić information content (AvgIpc) is 2.14. The van der Waals surface area contributed by atoms with Crippen LogP contribution in [0.15, 0.2) is 24.3 Å². The van der Waals surface area contributed by atoms with Gasteiger partial charge in [-0.15, -0.1) is 0 Å². The van der Waals surface area contributed by atoms with E-state index >= 15 is 0 Å². The molecule has 0 fully saturated rings. The third-order valence-corrected chi connectivity index (χ3v) is 3.78. The van der Waals surface area contributed by atoms with Gasteiger partial charge in [-0.25, -0.2) is 0 Å². The van der Waals surface area contributed by atoms with Crippen LogP contribution in [0, 0.1) is 0 Å².